The van der Waals surface area contributed by atoms with E-state index in [4.69, 9.17) is 5.73 Å². The first-order valence-corrected chi connectivity index (χ1v) is 4.82. The Morgan fingerprint density at radius 2 is 2.19 bits per heavy atom. The fraction of sp³-hybridized carbons (Fsp3) is 0.400. The zero-order valence-corrected chi connectivity index (χ0v) is 9.25. The van der Waals surface area contributed by atoms with Crippen molar-refractivity contribution in [1.82, 2.24) is 14.9 Å². The number of ketones is 1. The summed E-state index contributed by atoms with van der Waals surface area (Å²) >= 11 is 0. The Bertz CT molecular complexity index is 378. The molecule has 0 aliphatic heterocycles. The van der Waals surface area contributed by atoms with Gasteiger partial charge in [-0.15, -0.1) is 0 Å². The molecule has 0 aliphatic carbocycles. The number of rotatable bonds is 4. The molecule has 1 aromatic rings. The number of carbonyl (C=O) groups is 2. The van der Waals surface area contributed by atoms with Crippen LogP contribution in [0.4, 0.5) is 0 Å². The Hall–Kier alpha value is -1.82. The van der Waals surface area contributed by atoms with Gasteiger partial charge in [0.2, 0.25) is 11.7 Å². The second-order valence-electron chi connectivity index (χ2n) is 3.50. The molecule has 2 N–H and O–H groups in total. The van der Waals surface area contributed by atoms with E-state index in [9.17, 15) is 9.59 Å². The average Bonchev–Trinajstić information content (AvgIpc) is 2.28. The van der Waals surface area contributed by atoms with Gasteiger partial charge in [0.15, 0.2) is 0 Å². The molecular weight excluding hydrogens is 208 g/mol. The van der Waals surface area contributed by atoms with Crippen LogP contribution >= 0.6 is 0 Å². The van der Waals surface area contributed by atoms with Crippen LogP contribution in [0.25, 0.3) is 0 Å². The number of hydrogen-bond acceptors (Lipinski definition) is 5. The normalized spacial score (nSPS) is 11.9. The number of Topliss-reactive ketones (excluding diaryl/α,β-unsaturated/α-hetero) is 1. The molecular formula is C10H14N4O2. The molecule has 0 aliphatic rings. The summed E-state index contributed by atoms with van der Waals surface area (Å²) in [4.78, 5) is 32.0. The maximum Gasteiger partial charge on any atom is 0.239 e. The Balaban J connectivity index is 2.62. The molecule has 1 amide bonds. The number of nitrogens with two attached hydrogens (primary N) is 1. The molecule has 1 aromatic heterocycles. The van der Waals surface area contributed by atoms with Crippen LogP contribution in [-0.2, 0) is 4.79 Å². The van der Waals surface area contributed by atoms with Gasteiger partial charge >= 0.3 is 0 Å². The van der Waals surface area contributed by atoms with Crippen molar-refractivity contribution in [2.24, 2.45) is 5.73 Å². The van der Waals surface area contributed by atoms with Crippen molar-refractivity contribution in [2.45, 2.75) is 13.0 Å². The third-order valence-corrected chi connectivity index (χ3v) is 2.00. The van der Waals surface area contributed by atoms with Crippen molar-refractivity contribution in [2.75, 3.05) is 13.6 Å². The van der Waals surface area contributed by atoms with Gasteiger partial charge in [0.05, 0.1) is 18.8 Å². The molecule has 0 saturated heterocycles. The van der Waals surface area contributed by atoms with Crippen molar-refractivity contribution in [3.8, 4) is 0 Å². The van der Waals surface area contributed by atoms with E-state index < -0.39 is 6.04 Å². The Kier molecular flexibility index (Phi) is 4.07. The van der Waals surface area contributed by atoms with Crippen LogP contribution in [0.2, 0.25) is 0 Å². The topological polar surface area (TPSA) is 89.2 Å². The van der Waals surface area contributed by atoms with Crippen molar-refractivity contribution >= 4 is 11.7 Å². The van der Waals surface area contributed by atoms with Crippen LogP contribution in [0.5, 0.6) is 0 Å². The van der Waals surface area contributed by atoms with Crippen LogP contribution in [0.15, 0.2) is 18.6 Å². The minimum atomic E-state index is -0.611. The summed E-state index contributed by atoms with van der Waals surface area (Å²) in [7, 11) is 1.53. The quantitative estimate of drug-likeness (QED) is 0.691. The molecule has 1 rings (SSSR count). The van der Waals surface area contributed by atoms with E-state index in [1.165, 1.54) is 30.5 Å². The third-order valence-electron chi connectivity index (χ3n) is 2.00. The number of aromatic nitrogens is 2. The zero-order chi connectivity index (χ0) is 12.1. The van der Waals surface area contributed by atoms with E-state index in [1.54, 1.807) is 6.92 Å². The minimum absolute atomic E-state index is 0.0426. The summed E-state index contributed by atoms with van der Waals surface area (Å²) in [5, 5.41) is 0. The van der Waals surface area contributed by atoms with Crippen LogP contribution in [0.3, 0.4) is 0 Å². The highest BCUT2D eigenvalue weighted by Crippen LogP contribution is 1.96. The largest absolute Gasteiger partial charge is 0.337 e. The van der Waals surface area contributed by atoms with Crippen molar-refractivity contribution < 1.29 is 9.59 Å². The van der Waals surface area contributed by atoms with Crippen molar-refractivity contribution in [3.05, 3.63) is 24.3 Å². The molecule has 6 heteroatoms. The minimum Gasteiger partial charge on any atom is -0.337 e. The number of hydrogen-bond donors (Lipinski definition) is 1. The summed E-state index contributed by atoms with van der Waals surface area (Å²) < 4.78 is 0. The predicted molar refractivity (Wildman–Crippen MR) is 57.6 cm³/mol. The first-order valence-electron chi connectivity index (χ1n) is 4.82. The van der Waals surface area contributed by atoms with Gasteiger partial charge < -0.3 is 10.6 Å². The molecule has 1 atom stereocenters. The lowest BCUT2D eigenvalue weighted by Gasteiger charge is -2.17. The van der Waals surface area contributed by atoms with Crippen molar-refractivity contribution in [1.29, 1.82) is 0 Å². The highest BCUT2D eigenvalue weighted by atomic mass is 16.2. The lowest BCUT2D eigenvalue weighted by molar-refractivity contribution is -0.130. The molecule has 1 unspecified atom stereocenters. The van der Waals surface area contributed by atoms with E-state index in [1.807, 2.05) is 0 Å². The molecule has 0 fully saturated rings. The van der Waals surface area contributed by atoms with E-state index >= 15 is 0 Å². The summed E-state index contributed by atoms with van der Waals surface area (Å²) in [6.07, 6.45) is 4.28. The molecule has 16 heavy (non-hydrogen) atoms. The Morgan fingerprint density at radius 1 is 1.50 bits per heavy atom. The number of likely N-dealkylation sites (N-methyl/N-ethyl adjacent to an activating group) is 1. The van der Waals surface area contributed by atoms with Gasteiger partial charge in [-0.1, -0.05) is 0 Å². The monoisotopic (exact) mass is 222 g/mol. The van der Waals surface area contributed by atoms with E-state index in [-0.39, 0.29) is 23.9 Å². The van der Waals surface area contributed by atoms with Gasteiger partial charge in [-0.2, -0.15) is 0 Å². The smallest absolute Gasteiger partial charge is 0.239 e. The lowest BCUT2D eigenvalue weighted by Crippen LogP contribution is -2.42. The van der Waals surface area contributed by atoms with Gasteiger partial charge in [0, 0.05) is 19.4 Å². The van der Waals surface area contributed by atoms with E-state index in [2.05, 4.69) is 9.97 Å². The van der Waals surface area contributed by atoms with Gasteiger partial charge in [0.1, 0.15) is 5.69 Å². The Labute approximate surface area is 93.5 Å². The number of amides is 1. The first kappa shape index (κ1) is 12.3. The third kappa shape index (κ3) is 3.09. The van der Waals surface area contributed by atoms with Crippen LogP contribution in [0.1, 0.15) is 17.4 Å². The van der Waals surface area contributed by atoms with Crippen LogP contribution < -0.4 is 5.73 Å². The summed E-state index contributed by atoms with van der Waals surface area (Å²) in [6.45, 7) is 1.53. The van der Waals surface area contributed by atoms with Crippen molar-refractivity contribution in [3.63, 3.8) is 0 Å². The molecule has 0 saturated carbocycles. The zero-order valence-electron chi connectivity index (χ0n) is 9.25. The Morgan fingerprint density at radius 3 is 2.69 bits per heavy atom. The fourth-order valence-corrected chi connectivity index (χ4v) is 1.17. The maximum atomic E-state index is 11.6. The van der Waals surface area contributed by atoms with Gasteiger partial charge in [-0.05, 0) is 6.92 Å². The number of nitrogens with zero attached hydrogens (tertiary/aromatic N) is 3. The molecule has 0 bridgehead atoms. The molecule has 0 spiro atoms. The molecule has 1 heterocycles. The number of carbonyl (C=O) groups excluding carboxylic acids is 2. The summed E-state index contributed by atoms with van der Waals surface area (Å²) in [6, 6.07) is -0.611. The molecule has 86 valence electrons. The van der Waals surface area contributed by atoms with Gasteiger partial charge in [0.25, 0.3) is 0 Å². The summed E-state index contributed by atoms with van der Waals surface area (Å²) in [5.74, 6) is -0.540. The SMILES string of the molecule is CC(N)C(=O)N(C)CC(=O)c1cnccn1. The second kappa shape index (κ2) is 5.32. The lowest BCUT2D eigenvalue weighted by atomic mass is 10.2. The van der Waals surface area contributed by atoms with Crippen LogP contribution in [0, 0.1) is 0 Å². The standard InChI is InChI=1S/C10H14N4O2/c1-7(11)10(16)14(2)6-9(15)8-5-12-3-4-13-8/h3-5,7H,6,11H2,1-2H3. The van der Waals surface area contributed by atoms with Gasteiger partial charge in [-0.3, -0.25) is 14.6 Å². The first-order chi connectivity index (χ1) is 7.52. The molecule has 6 nitrogen and oxygen atoms in total. The summed E-state index contributed by atoms with van der Waals surface area (Å²) in [5.41, 5.74) is 5.66. The predicted octanol–water partition coefficient (Wildman–Crippen LogP) is -0.535. The molecule has 0 radical (unpaired) electrons. The maximum absolute atomic E-state index is 11.6. The van der Waals surface area contributed by atoms with Gasteiger partial charge in [-0.25, -0.2) is 4.98 Å². The second-order valence-corrected chi connectivity index (χ2v) is 3.50. The molecule has 0 aromatic carbocycles. The average molecular weight is 222 g/mol. The van der Waals surface area contributed by atoms with E-state index in [0.29, 0.717) is 0 Å². The highest BCUT2D eigenvalue weighted by Gasteiger charge is 2.17. The van der Waals surface area contributed by atoms with E-state index in [0.717, 1.165) is 0 Å². The fourth-order valence-electron chi connectivity index (χ4n) is 1.17. The highest BCUT2D eigenvalue weighted by molar-refractivity contribution is 5.97. The van der Waals surface area contributed by atoms with Crippen LogP contribution in [-0.4, -0.2) is 46.2 Å².